The molecule has 0 saturated heterocycles. The minimum absolute atomic E-state index is 0.113. The molecule has 1 heterocycles. The zero-order valence-corrected chi connectivity index (χ0v) is 10.1. The van der Waals surface area contributed by atoms with Crippen LogP contribution < -0.4 is 5.32 Å². The second kappa shape index (κ2) is 5.63. The third kappa shape index (κ3) is 3.42. The van der Waals surface area contributed by atoms with E-state index in [1.54, 1.807) is 6.07 Å². The van der Waals surface area contributed by atoms with E-state index in [2.05, 4.69) is 10.3 Å². The predicted molar refractivity (Wildman–Crippen MR) is 65.2 cm³/mol. The summed E-state index contributed by atoms with van der Waals surface area (Å²) in [6, 6.07) is 1.59. The van der Waals surface area contributed by atoms with Gasteiger partial charge >= 0.3 is 5.97 Å². The monoisotopic (exact) mass is 238 g/mol. The van der Waals surface area contributed by atoms with Gasteiger partial charge < -0.3 is 15.5 Å². The lowest BCUT2D eigenvalue weighted by atomic mass is 9.97. The zero-order valence-electron chi connectivity index (χ0n) is 10.1. The van der Waals surface area contributed by atoms with Crippen LogP contribution in [-0.4, -0.2) is 33.3 Å². The summed E-state index contributed by atoms with van der Waals surface area (Å²) in [4.78, 5) is 14.7. The van der Waals surface area contributed by atoms with E-state index in [1.165, 1.54) is 12.4 Å². The van der Waals surface area contributed by atoms with Crippen molar-refractivity contribution in [2.45, 2.75) is 32.3 Å². The molecule has 3 N–H and O–H groups in total. The minimum atomic E-state index is -1.03. The molecular formula is C12H18N2O3. The summed E-state index contributed by atoms with van der Waals surface area (Å²) in [5, 5.41) is 22.0. The van der Waals surface area contributed by atoms with Crippen LogP contribution in [0, 0.1) is 0 Å². The van der Waals surface area contributed by atoms with Crippen LogP contribution in [-0.2, 0) is 0 Å². The van der Waals surface area contributed by atoms with E-state index >= 15 is 0 Å². The first kappa shape index (κ1) is 13.4. The molecule has 0 atom stereocenters. The molecule has 0 spiro atoms. The third-order valence-corrected chi connectivity index (χ3v) is 2.98. The van der Waals surface area contributed by atoms with E-state index in [0.717, 1.165) is 0 Å². The molecular weight excluding hydrogens is 220 g/mol. The number of carboxylic acids is 1. The Bertz CT molecular complexity index is 389. The van der Waals surface area contributed by atoms with Crippen molar-refractivity contribution in [3.05, 3.63) is 24.0 Å². The molecule has 1 aromatic rings. The summed E-state index contributed by atoms with van der Waals surface area (Å²) in [6.07, 6.45) is 4.04. The Morgan fingerprint density at radius 3 is 2.65 bits per heavy atom. The fraction of sp³-hybridized carbons (Fsp3) is 0.500. The number of hydrogen-bond acceptors (Lipinski definition) is 4. The van der Waals surface area contributed by atoms with Crippen molar-refractivity contribution in [1.29, 1.82) is 0 Å². The van der Waals surface area contributed by atoms with Gasteiger partial charge in [-0.1, -0.05) is 13.8 Å². The normalized spacial score (nSPS) is 11.2. The topological polar surface area (TPSA) is 82.5 Å². The van der Waals surface area contributed by atoms with Crippen LogP contribution in [0.1, 0.15) is 37.0 Å². The maximum atomic E-state index is 10.9. The number of rotatable bonds is 6. The highest BCUT2D eigenvalue weighted by Gasteiger charge is 2.22. The molecule has 5 nitrogen and oxygen atoms in total. The highest BCUT2D eigenvalue weighted by Crippen LogP contribution is 2.18. The first-order valence-corrected chi connectivity index (χ1v) is 5.66. The number of aromatic carboxylic acids is 1. The molecule has 0 aliphatic rings. The van der Waals surface area contributed by atoms with Crippen molar-refractivity contribution in [2.75, 3.05) is 11.9 Å². The Hall–Kier alpha value is -1.62. The molecule has 5 heteroatoms. The Balaban J connectivity index is 2.79. The van der Waals surface area contributed by atoms with Crippen molar-refractivity contribution < 1.29 is 15.0 Å². The van der Waals surface area contributed by atoms with E-state index < -0.39 is 11.6 Å². The van der Waals surface area contributed by atoms with Crippen LogP contribution >= 0.6 is 0 Å². The summed E-state index contributed by atoms with van der Waals surface area (Å²) in [7, 11) is 0. The molecule has 1 aromatic heterocycles. The maximum Gasteiger partial charge on any atom is 0.339 e. The van der Waals surface area contributed by atoms with Gasteiger partial charge in [0.15, 0.2) is 0 Å². The summed E-state index contributed by atoms with van der Waals surface area (Å²) >= 11 is 0. The van der Waals surface area contributed by atoms with Crippen LogP contribution in [0.4, 0.5) is 5.69 Å². The molecule has 0 aliphatic carbocycles. The highest BCUT2D eigenvalue weighted by molar-refractivity contribution is 5.93. The van der Waals surface area contributed by atoms with Gasteiger partial charge in [-0.3, -0.25) is 4.98 Å². The van der Waals surface area contributed by atoms with Gasteiger partial charge in [-0.15, -0.1) is 0 Å². The highest BCUT2D eigenvalue weighted by atomic mass is 16.4. The van der Waals surface area contributed by atoms with E-state index in [1.807, 2.05) is 13.8 Å². The summed E-state index contributed by atoms with van der Waals surface area (Å²) in [6.45, 7) is 4.12. The SMILES string of the molecule is CCC(O)(CC)CNc1ccncc1C(=O)O. The van der Waals surface area contributed by atoms with Gasteiger partial charge in [0, 0.05) is 18.9 Å². The number of pyridine rings is 1. The predicted octanol–water partition coefficient (Wildman–Crippen LogP) is 1.74. The smallest absolute Gasteiger partial charge is 0.339 e. The second-order valence-corrected chi connectivity index (χ2v) is 4.01. The number of nitrogens with one attached hydrogen (secondary N) is 1. The zero-order chi connectivity index (χ0) is 12.9. The number of nitrogens with zero attached hydrogens (tertiary/aromatic N) is 1. The van der Waals surface area contributed by atoms with Gasteiger partial charge in [0.1, 0.15) is 5.56 Å². The molecule has 0 fully saturated rings. The second-order valence-electron chi connectivity index (χ2n) is 4.01. The van der Waals surface area contributed by atoms with Gasteiger partial charge in [-0.05, 0) is 18.9 Å². The molecule has 17 heavy (non-hydrogen) atoms. The molecule has 0 aromatic carbocycles. The van der Waals surface area contributed by atoms with Crippen LogP contribution in [0.3, 0.4) is 0 Å². The van der Waals surface area contributed by atoms with Crippen molar-refractivity contribution in [1.82, 2.24) is 4.98 Å². The van der Waals surface area contributed by atoms with Crippen molar-refractivity contribution in [2.24, 2.45) is 0 Å². The summed E-state index contributed by atoms with van der Waals surface area (Å²) in [5.41, 5.74) is -0.214. The fourth-order valence-corrected chi connectivity index (χ4v) is 1.48. The standard InChI is InChI=1S/C12H18N2O3/c1-3-12(17,4-2)8-14-10-5-6-13-7-9(10)11(15)16/h5-7,17H,3-4,8H2,1-2H3,(H,13,14)(H,15,16). The minimum Gasteiger partial charge on any atom is -0.478 e. The van der Waals surface area contributed by atoms with Crippen LogP contribution in [0.15, 0.2) is 18.5 Å². The number of aliphatic hydroxyl groups is 1. The third-order valence-electron chi connectivity index (χ3n) is 2.98. The average Bonchev–Trinajstić information content (AvgIpc) is 2.36. The summed E-state index contributed by atoms with van der Waals surface area (Å²) in [5.74, 6) is -1.03. The van der Waals surface area contributed by atoms with Crippen molar-refractivity contribution in [3.8, 4) is 0 Å². The molecule has 0 bridgehead atoms. The molecule has 94 valence electrons. The number of anilines is 1. The lowest BCUT2D eigenvalue weighted by molar-refractivity contribution is 0.0455. The first-order valence-electron chi connectivity index (χ1n) is 5.66. The van der Waals surface area contributed by atoms with Crippen LogP contribution in [0.5, 0.6) is 0 Å². The van der Waals surface area contributed by atoms with Gasteiger partial charge in [0.25, 0.3) is 0 Å². The Labute approximate surface area is 101 Å². The summed E-state index contributed by atoms with van der Waals surface area (Å²) < 4.78 is 0. The number of hydrogen-bond donors (Lipinski definition) is 3. The van der Waals surface area contributed by atoms with Gasteiger partial charge in [-0.25, -0.2) is 4.79 Å². The van der Waals surface area contributed by atoms with E-state index in [4.69, 9.17) is 5.11 Å². The Morgan fingerprint density at radius 1 is 1.47 bits per heavy atom. The van der Waals surface area contributed by atoms with Gasteiger partial charge in [-0.2, -0.15) is 0 Å². The number of carbonyl (C=O) groups is 1. The van der Waals surface area contributed by atoms with Crippen molar-refractivity contribution >= 4 is 11.7 Å². The van der Waals surface area contributed by atoms with E-state index in [-0.39, 0.29) is 5.56 Å². The number of aromatic nitrogens is 1. The molecule has 0 saturated carbocycles. The van der Waals surface area contributed by atoms with Gasteiger partial charge in [0.05, 0.1) is 11.3 Å². The van der Waals surface area contributed by atoms with Gasteiger partial charge in [0.2, 0.25) is 0 Å². The van der Waals surface area contributed by atoms with Crippen LogP contribution in [0.25, 0.3) is 0 Å². The molecule has 0 aliphatic heterocycles. The lowest BCUT2D eigenvalue weighted by Gasteiger charge is -2.26. The van der Waals surface area contributed by atoms with E-state index in [9.17, 15) is 9.90 Å². The number of carboxylic acid groups (broad SMARTS) is 1. The first-order chi connectivity index (χ1) is 8.02. The quantitative estimate of drug-likeness (QED) is 0.703. The molecule has 0 unspecified atom stereocenters. The Morgan fingerprint density at radius 2 is 2.12 bits per heavy atom. The van der Waals surface area contributed by atoms with Crippen molar-refractivity contribution in [3.63, 3.8) is 0 Å². The lowest BCUT2D eigenvalue weighted by Crippen LogP contribution is -2.35. The maximum absolute atomic E-state index is 10.9. The Kier molecular flexibility index (Phi) is 4.45. The fourth-order valence-electron chi connectivity index (χ4n) is 1.48. The molecule has 0 radical (unpaired) electrons. The average molecular weight is 238 g/mol. The largest absolute Gasteiger partial charge is 0.478 e. The molecule has 0 amide bonds. The van der Waals surface area contributed by atoms with Crippen LogP contribution in [0.2, 0.25) is 0 Å². The molecule has 1 rings (SSSR count). The van der Waals surface area contributed by atoms with E-state index in [0.29, 0.717) is 25.1 Å².